The maximum absolute atomic E-state index is 12.8. The Kier molecular flexibility index (Phi) is 22.9. The Morgan fingerprint density at radius 2 is 1.32 bits per heavy atom. The largest absolute Gasteiger partial charge is 0.469 e. The summed E-state index contributed by atoms with van der Waals surface area (Å²) >= 11 is 0. The normalized spacial score (nSPS) is 22.7. The molecule has 0 bridgehead atoms. The van der Waals surface area contributed by atoms with E-state index in [2.05, 4.69) is 13.8 Å². The fourth-order valence-corrected chi connectivity index (χ4v) is 5.15. The lowest BCUT2D eigenvalue weighted by Crippen LogP contribution is -2.61. The Morgan fingerprint density at radius 1 is 0.780 bits per heavy atom. The molecule has 0 saturated carbocycles. The van der Waals surface area contributed by atoms with Crippen molar-refractivity contribution in [2.24, 2.45) is 0 Å². The van der Waals surface area contributed by atoms with Gasteiger partial charge in [0, 0.05) is 13.0 Å². The Hall–Kier alpha value is -1.48. The minimum atomic E-state index is -1.21. The van der Waals surface area contributed by atoms with Crippen LogP contribution in [0.2, 0.25) is 0 Å². The summed E-state index contributed by atoms with van der Waals surface area (Å²) in [5.41, 5.74) is 0. The highest BCUT2D eigenvalue weighted by molar-refractivity contribution is 5.95. The number of carbonyl (C=O) groups is 2. The van der Waals surface area contributed by atoms with E-state index in [4.69, 9.17) is 18.9 Å². The lowest BCUT2D eigenvalue weighted by molar-refractivity contribution is -0.299. The van der Waals surface area contributed by atoms with Gasteiger partial charge in [-0.2, -0.15) is 0 Å². The van der Waals surface area contributed by atoms with E-state index in [1.54, 1.807) is 13.0 Å². The van der Waals surface area contributed by atoms with Gasteiger partial charge >= 0.3 is 5.97 Å². The molecule has 1 rings (SSSR count). The third-order valence-corrected chi connectivity index (χ3v) is 7.62. The molecule has 0 aliphatic carbocycles. The van der Waals surface area contributed by atoms with Gasteiger partial charge in [0.05, 0.1) is 12.9 Å². The van der Waals surface area contributed by atoms with Crippen LogP contribution in [0.4, 0.5) is 0 Å². The number of rotatable bonds is 26. The van der Waals surface area contributed by atoms with E-state index in [-0.39, 0.29) is 12.2 Å². The van der Waals surface area contributed by atoms with Gasteiger partial charge in [0.1, 0.15) is 30.5 Å². The molecule has 1 aliphatic heterocycles. The van der Waals surface area contributed by atoms with Crippen LogP contribution in [0.5, 0.6) is 0 Å². The molecule has 0 amide bonds. The van der Waals surface area contributed by atoms with Crippen LogP contribution in [-0.2, 0) is 28.5 Å². The molecule has 8 heteroatoms. The molecule has 2 N–H and O–H groups in total. The number of carbonyl (C=O) groups excluding carboxylic acids is 2. The standard InChI is InChI=1S/C33H60O8/c1-4-7-9-11-13-15-16-18-20-22-27(35)25-29(36)41-32-31(38-24-21-19-17-14-12-10-8-5-2)30(37)28(26-34)40-33(32)39-23-6-3/h6,23,28,30-34,37H,4-5,7-22,24-26H2,1-3H3/b23-6+/t28-,30-,31+,32-,33?/m1/s1. The minimum absolute atomic E-state index is 0.161. The second kappa shape index (κ2) is 25.1. The maximum atomic E-state index is 12.8. The van der Waals surface area contributed by atoms with Crippen LogP contribution in [0.1, 0.15) is 143 Å². The first-order chi connectivity index (χ1) is 20.0. The highest BCUT2D eigenvalue weighted by Gasteiger charge is 2.49. The fraction of sp³-hybridized carbons (Fsp3) is 0.879. The Bertz CT molecular complexity index is 682. The third-order valence-electron chi connectivity index (χ3n) is 7.62. The smallest absolute Gasteiger partial charge is 0.313 e. The molecule has 0 aromatic rings. The summed E-state index contributed by atoms with van der Waals surface area (Å²) < 4.78 is 23.0. The summed E-state index contributed by atoms with van der Waals surface area (Å²) in [4.78, 5) is 25.2. The van der Waals surface area contributed by atoms with E-state index in [9.17, 15) is 19.8 Å². The van der Waals surface area contributed by atoms with Crippen LogP contribution in [0.15, 0.2) is 12.3 Å². The minimum Gasteiger partial charge on any atom is -0.469 e. The number of unbranched alkanes of at least 4 members (excludes halogenated alkanes) is 15. The van der Waals surface area contributed by atoms with E-state index in [0.717, 1.165) is 38.5 Å². The molecule has 1 unspecified atom stereocenters. The van der Waals surface area contributed by atoms with Crippen LogP contribution >= 0.6 is 0 Å². The summed E-state index contributed by atoms with van der Waals surface area (Å²) in [6.07, 6.45) is 17.4. The fourth-order valence-electron chi connectivity index (χ4n) is 5.15. The number of ketones is 1. The number of esters is 1. The molecule has 0 aromatic heterocycles. The SMILES string of the molecule is C/C=C/OC1O[C@H](CO)[C@@H](O)[C@H](OCCCCCCCCCC)[C@H]1OC(=O)CC(=O)CCCCCCCCCCC. The molecule has 0 radical (unpaired) electrons. The average Bonchev–Trinajstić information content (AvgIpc) is 2.96. The van der Waals surface area contributed by atoms with Crippen LogP contribution in [0, 0.1) is 0 Å². The monoisotopic (exact) mass is 584 g/mol. The van der Waals surface area contributed by atoms with Crippen molar-refractivity contribution in [3.8, 4) is 0 Å². The predicted molar refractivity (Wildman–Crippen MR) is 161 cm³/mol. The van der Waals surface area contributed by atoms with Gasteiger partial charge in [-0.1, -0.05) is 116 Å². The second-order valence-corrected chi connectivity index (χ2v) is 11.4. The molecular weight excluding hydrogens is 524 g/mol. The van der Waals surface area contributed by atoms with E-state index < -0.39 is 43.3 Å². The van der Waals surface area contributed by atoms with Crippen LogP contribution in [-0.4, -0.2) is 65.9 Å². The van der Waals surface area contributed by atoms with Gasteiger partial charge in [0.15, 0.2) is 6.10 Å². The molecule has 8 nitrogen and oxygen atoms in total. The molecule has 240 valence electrons. The van der Waals surface area contributed by atoms with Gasteiger partial charge in [0.2, 0.25) is 6.29 Å². The van der Waals surface area contributed by atoms with Gasteiger partial charge in [0.25, 0.3) is 0 Å². The molecule has 5 atom stereocenters. The Labute approximate surface area is 249 Å². The van der Waals surface area contributed by atoms with Crippen molar-refractivity contribution in [1.29, 1.82) is 0 Å². The van der Waals surface area contributed by atoms with Crippen molar-refractivity contribution in [2.45, 2.75) is 173 Å². The first-order valence-electron chi connectivity index (χ1n) is 16.5. The molecular formula is C33H60O8. The lowest BCUT2D eigenvalue weighted by atomic mass is 9.98. The molecule has 1 heterocycles. The van der Waals surface area contributed by atoms with E-state index in [1.807, 2.05) is 0 Å². The molecule has 1 aliphatic rings. The summed E-state index contributed by atoms with van der Waals surface area (Å²) in [6, 6.07) is 0. The third kappa shape index (κ3) is 17.3. The van der Waals surface area contributed by atoms with Crippen molar-refractivity contribution in [2.75, 3.05) is 13.2 Å². The van der Waals surface area contributed by atoms with Crippen molar-refractivity contribution in [3.63, 3.8) is 0 Å². The molecule has 0 aromatic carbocycles. The van der Waals surface area contributed by atoms with Crippen molar-refractivity contribution < 1.29 is 38.7 Å². The number of Topliss-reactive ketones (excluding diaryl/α,β-unsaturated/α-hetero) is 1. The van der Waals surface area contributed by atoms with Gasteiger partial charge in [-0.15, -0.1) is 0 Å². The number of hydrogen-bond donors (Lipinski definition) is 2. The van der Waals surface area contributed by atoms with E-state index >= 15 is 0 Å². The molecule has 1 fully saturated rings. The second-order valence-electron chi connectivity index (χ2n) is 11.4. The van der Waals surface area contributed by atoms with Gasteiger partial charge in [-0.3, -0.25) is 9.59 Å². The zero-order valence-corrected chi connectivity index (χ0v) is 26.2. The summed E-state index contributed by atoms with van der Waals surface area (Å²) in [5, 5.41) is 20.6. The molecule has 1 saturated heterocycles. The summed E-state index contributed by atoms with van der Waals surface area (Å²) in [7, 11) is 0. The van der Waals surface area contributed by atoms with E-state index in [1.165, 1.54) is 76.9 Å². The van der Waals surface area contributed by atoms with Gasteiger partial charge < -0.3 is 29.2 Å². The first-order valence-corrected chi connectivity index (χ1v) is 16.5. The van der Waals surface area contributed by atoms with Crippen LogP contribution in [0.3, 0.4) is 0 Å². The summed E-state index contributed by atoms with van der Waals surface area (Å²) in [6.45, 7) is 6.12. The van der Waals surface area contributed by atoms with E-state index in [0.29, 0.717) is 13.0 Å². The van der Waals surface area contributed by atoms with Crippen molar-refractivity contribution in [3.05, 3.63) is 12.3 Å². The highest BCUT2D eigenvalue weighted by Crippen LogP contribution is 2.28. The average molecular weight is 585 g/mol. The quantitative estimate of drug-likeness (QED) is 0.0487. The zero-order chi connectivity index (χ0) is 30.1. The topological polar surface area (TPSA) is 112 Å². The van der Waals surface area contributed by atoms with Gasteiger partial charge in [-0.25, -0.2) is 0 Å². The van der Waals surface area contributed by atoms with Crippen LogP contribution < -0.4 is 0 Å². The van der Waals surface area contributed by atoms with Crippen LogP contribution in [0.25, 0.3) is 0 Å². The highest BCUT2D eigenvalue weighted by atomic mass is 16.7. The lowest BCUT2D eigenvalue weighted by Gasteiger charge is -2.42. The number of aliphatic hydroxyl groups excluding tert-OH is 2. The number of aliphatic hydroxyl groups is 2. The summed E-state index contributed by atoms with van der Waals surface area (Å²) in [5.74, 6) is -0.852. The number of ether oxygens (including phenoxy) is 4. The Morgan fingerprint density at radius 3 is 1.85 bits per heavy atom. The number of allylic oxidation sites excluding steroid dienone is 1. The Balaban J connectivity index is 2.56. The molecule has 0 spiro atoms. The maximum Gasteiger partial charge on any atom is 0.313 e. The number of hydrogen-bond acceptors (Lipinski definition) is 8. The van der Waals surface area contributed by atoms with Crippen molar-refractivity contribution >= 4 is 11.8 Å². The predicted octanol–water partition coefficient (Wildman–Crippen LogP) is 6.93. The molecule has 41 heavy (non-hydrogen) atoms. The van der Waals surface area contributed by atoms with Crippen molar-refractivity contribution in [1.82, 2.24) is 0 Å². The van der Waals surface area contributed by atoms with Gasteiger partial charge in [-0.05, 0) is 19.8 Å². The zero-order valence-electron chi connectivity index (χ0n) is 26.2. The first kappa shape index (κ1) is 37.5.